The average molecular weight is 345 g/mol. The first-order chi connectivity index (χ1) is 11.9. The number of nitrogens with zero attached hydrogens (tertiary/aromatic N) is 1. The van der Waals surface area contributed by atoms with E-state index in [4.69, 9.17) is 9.52 Å². The molecule has 25 heavy (non-hydrogen) atoms. The molecule has 2 aromatic carbocycles. The molecule has 3 aromatic rings. The van der Waals surface area contributed by atoms with Gasteiger partial charge in [0.2, 0.25) is 0 Å². The maximum atomic E-state index is 13.4. The normalized spacial score (nSPS) is 10.6. The Morgan fingerprint density at radius 1 is 1.28 bits per heavy atom. The Balaban J connectivity index is 1.82. The summed E-state index contributed by atoms with van der Waals surface area (Å²) in [6.07, 6.45) is 0.0852. The van der Waals surface area contributed by atoms with E-state index in [1.54, 1.807) is 0 Å². The molecular formula is C16H12FN3O5. The van der Waals surface area contributed by atoms with Gasteiger partial charge < -0.3 is 14.8 Å². The predicted octanol–water partition coefficient (Wildman–Crippen LogP) is 4.18. The first-order valence-corrected chi connectivity index (χ1v) is 7.12. The summed E-state index contributed by atoms with van der Waals surface area (Å²) in [5.41, 5.74) is 1.12. The van der Waals surface area contributed by atoms with Crippen LogP contribution in [0.25, 0.3) is 11.0 Å². The molecule has 0 saturated heterocycles. The molecule has 0 bridgehead atoms. The Morgan fingerprint density at radius 3 is 2.80 bits per heavy atom. The van der Waals surface area contributed by atoms with Gasteiger partial charge >= 0.3 is 6.09 Å². The van der Waals surface area contributed by atoms with E-state index in [1.165, 1.54) is 42.7 Å². The van der Waals surface area contributed by atoms with Gasteiger partial charge in [0.1, 0.15) is 17.1 Å². The van der Waals surface area contributed by atoms with Crippen molar-refractivity contribution in [3.8, 4) is 0 Å². The Bertz CT molecular complexity index is 970. The molecule has 0 aliphatic heterocycles. The topological polar surface area (TPSA) is 118 Å². The lowest BCUT2D eigenvalue weighted by Gasteiger charge is -2.08. The SMILES string of the molecule is O=C(O)Nc1ccc(NCc2coc3ccc(F)cc23)cc1[N+](=O)[O-]. The van der Waals surface area contributed by atoms with E-state index in [0.29, 0.717) is 22.2 Å². The molecule has 0 spiro atoms. The van der Waals surface area contributed by atoms with E-state index in [1.807, 2.05) is 5.32 Å². The van der Waals surface area contributed by atoms with Gasteiger partial charge in [-0.25, -0.2) is 9.18 Å². The first kappa shape index (κ1) is 16.2. The molecule has 1 amide bonds. The molecule has 0 aliphatic carbocycles. The van der Waals surface area contributed by atoms with Gasteiger partial charge in [-0.15, -0.1) is 0 Å². The number of anilines is 2. The Kier molecular flexibility index (Phi) is 4.21. The molecule has 9 heteroatoms. The Hall–Kier alpha value is -3.62. The number of furan rings is 1. The van der Waals surface area contributed by atoms with Crippen LogP contribution in [0.1, 0.15) is 5.56 Å². The second-order valence-electron chi connectivity index (χ2n) is 5.17. The van der Waals surface area contributed by atoms with E-state index in [2.05, 4.69) is 5.32 Å². The third-order valence-electron chi connectivity index (χ3n) is 3.53. The molecule has 1 heterocycles. The molecule has 1 aromatic heterocycles. The quantitative estimate of drug-likeness (QED) is 0.471. The highest BCUT2D eigenvalue weighted by Crippen LogP contribution is 2.29. The van der Waals surface area contributed by atoms with Gasteiger partial charge in [0.05, 0.1) is 11.2 Å². The maximum Gasteiger partial charge on any atom is 0.409 e. The lowest BCUT2D eigenvalue weighted by atomic mass is 10.1. The minimum atomic E-state index is -1.39. The van der Waals surface area contributed by atoms with Gasteiger partial charge in [0.15, 0.2) is 0 Å². The smallest absolute Gasteiger partial charge is 0.409 e. The zero-order chi connectivity index (χ0) is 18.0. The highest BCUT2D eigenvalue weighted by molar-refractivity contribution is 5.87. The van der Waals surface area contributed by atoms with Gasteiger partial charge in [-0.2, -0.15) is 0 Å². The summed E-state index contributed by atoms with van der Waals surface area (Å²) >= 11 is 0. The summed E-state index contributed by atoms with van der Waals surface area (Å²) in [6, 6.07) is 8.17. The van der Waals surface area contributed by atoms with Crippen molar-refractivity contribution in [1.82, 2.24) is 0 Å². The van der Waals surface area contributed by atoms with Gasteiger partial charge in [-0.1, -0.05) is 0 Å². The van der Waals surface area contributed by atoms with Crippen LogP contribution in [-0.4, -0.2) is 16.1 Å². The van der Waals surface area contributed by atoms with Gasteiger partial charge in [0, 0.05) is 29.2 Å². The first-order valence-electron chi connectivity index (χ1n) is 7.12. The Labute approximate surface area is 140 Å². The molecular weight excluding hydrogens is 333 g/mol. The van der Waals surface area contributed by atoms with Crippen molar-refractivity contribution in [2.75, 3.05) is 10.6 Å². The molecule has 0 fully saturated rings. The van der Waals surface area contributed by atoms with Crippen LogP contribution in [0.3, 0.4) is 0 Å². The Morgan fingerprint density at radius 2 is 2.08 bits per heavy atom. The number of rotatable bonds is 5. The van der Waals surface area contributed by atoms with Gasteiger partial charge in [-0.3, -0.25) is 15.4 Å². The van der Waals surface area contributed by atoms with Crippen molar-refractivity contribution >= 4 is 34.1 Å². The number of carbonyl (C=O) groups is 1. The summed E-state index contributed by atoms with van der Waals surface area (Å²) in [6.45, 7) is 0.249. The number of nitro groups is 1. The van der Waals surface area contributed by atoms with Crippen molar-refractivity contribution in [3.63, 3.8) is 0 Å². The molecule has 0 radical (unpaired) electrons. The fraction of sp³-hybridized carbons (Fsp3) is 0.0625. The lowest BCUT2D eigenvalue weighted by Crippen LogP contribution is -2.09. The van der Waals surface area contributed by atoms with Crippen LogP contribution in [0.15, 0.2) is 47.1 Å². The van der Waals surface area contributed by atoms with Gasteiger partial charge in [0.25, 0.3) is 5.69 Å². The number of hydrogen-bond donors (Lipinski definition) is 3. The van der Waals surface area contributed by atoms with Crippen molar-refractivity contribution in [2.24, 2.45) is 0 Å². The molecule has 0 atom stereocenters. The van der Waals surface area contributed by atoms with Crippen LogP contribution in [0.2, 0.25) is 0 Å². The molecule has 8 nitrogen and oxygen atoms in total. The largest absolute Gasteiger partial charge is 0.465 e. The second kappa shape index (κ2) is 6.48. The van der Waals surface area contributed by atoms with E-state index in [0.717, 1.165) is 0 Å². The number of carboxylic acid groups (broad SMARTS) is 1. The number of fused-ring (bicyclic) bond motifs is 1. The summed E-state index contributed by atoms with van der Waals surface area (Å²) < 4.78 is 18.7. The number of nitro benzene ring substituents is 1. The standard InChI is InChI=1S/C16H12FN3O5/c17-10-1-4-15-12(5-10)9(8-25-15)7-18-11-2-3-13(19-16(21)22)14(6-11)20(23)24/h1-6,8,18-19H,7H2,(H,21,22). The minimum Gasteiger partial charge on any atom is -0.465 e. The number of halogens is 1. The van der Waals surface area contributed by atoms with Crippen molar-refractivity contribution < 1.29 is 23.6 Å². The zero-order valence-electron chi connectivity index (χ0n) is 12.7. The fourth-order valence-electron chi connectivity index (χ4n) is 2.40. The zero-order valence-corrected chi connectivity index (χ0v) is 12.7. The predicted molar refractivity (Wildman–Crippen MR) is 88.2 cm³/mol. The van der Waals surface area contributed by atoms with Crippen molar-refractivity contribution in [3.05, 3.63) is 64.2 Å². The third kappa shape index (κ3) is 3.50. The molecule has 0 aliphatic rings. The summed E-state index contributed by atoms with van der Waals surface area (Å²) in [4.78, 5) is 21.1. The minimum absolute atomic E-state index is 0.126. The van der Waals surface area contributed by atoms with Crippen LogP contribution in [0.5, 0.6) is 0 Å². The number of hydrogen-bond acceptors (Lipinski definition) is 5. The summed E-state index contributed by atoms with van der Waals surface area (Å²) in [7, 11) is 0. The molecule has 0 unspecified atom stereocenters. The fourth-order valence-corrected chi connectivity index (χ4v) is 2.40. The van der Waals surface area contributed by atoms with Crippen molar-refractivity contribution in [1.29, 1.82) is 0 Å². The molecule has 3 N–H and O–H groups in total. The monoisotopic (exact) mass is 345 g/mol. The third-order valence-corrected chi connectivity index (χ3v) is 3.53. The maximum absolute atomic E-state index is 13.4. The average Bonchev–Trinajstić information content (AvgIpc) is 2.95. The van der Waals surface area contributed by atoms with Crippen LogP contribution in [-0.2, 0) is 6.54 Å². The lowest BCUT2D eigenvalue weighted by molar-refractivity contribution is -0.383. The molecule has 3 rings (SSSR count). The van der Waals surface area contributed by atoms with Crippen LogP contribution < -0.4 is 10.6 Å². The summed E-state index contributed by atoms with van der Waals surface area (Å²) in [5, 5.41) is 25.3. The molecule has 128 valence electrons. The van der Waals surface area contributed by atoms with E-state index >= 15 is 0 Å². The highest BCUT2D eigenvalue weighted by Gasteiger charge is 2.16. The number of nitrogens with one attached hydrogen (secondary N) is 2. The van der Waals surface area contributed by atoms with Gasteiger partial charge in [-0.05, 0) is 30.3 Å². The molecule has 0 saturated carbocycles. The number of benzene rings is 2. The van der Waals surface area contributed by atoms with Crippen molar-refractivity contribution in [2.45, 2.75) is 6.54 Å². The van der Waals surface area contributed by atoms with Crippen LogP contribution in [0.4, 0.5) is 26.2 Å². The number of amides is 1. The van der Waals surface area contributed by atoms with E-state index in [9.17, 15) is 19.3 Å². The van der Waals surface area contributed by atoms with E-state index in [-0.39, 0.29) is 17.9 Å². The van der Waals surface area contributed by atoms with Crippen LogP contribution in [0, 0.1) is 15.9 Å². The summed E-state index contributed by atoms with van der Waals surface area (Å²) in [5.74, 6) is -0.394. The van der Waals surface area contributed by atoms with Crippen LogP contribution >= 0.6 is 0 Å². The highest BCUT2D eigenvalue weighted by atomic mass is 19.1. The van der Waals surface area contributed by atoms with E-state index < -0.39 is 16.8 Å². The second-order valence-corrected chi connectivity index (χ2v) is 5.17.